The van der Waals surface area contributed by atoms with Gasteiger partial charge >= 0.3 is 0 Å². The van der Waals surface area contributed by atoms with Gasteiger partial charge in [-0.1, -0.05) is 66.0 Å². The molecule has 0 fully saturated rings. The van der Waals surface area contributed by atoms with Crippen LogP contribution in [0.25, 0.3) is 0 Å². The molecule has 2 aromatic rings. The molecule has 0 bridgehead atoms. The summed E-state index contributed by atoms with van der Waals surface area (Å²) in [6, 6.07) is 12.6. The highest BCUT2D eigenvalue weighted by Gasteiger charge is 2.30. The van der Waals surface area contributed by atoms with Gasteiger partial charge in [-0.3, -0.25) is 9.59 Å². The molecule has 0 aliphatic rings. The van der Waals surface area contributed by atoms with Crippen molar-refractivity contribution in [3.63, 3.8) is 0 Å². The lowest BCUT2D eigenvalue weighted by Gasteiger charge is -2.33. The zero-order chi connectivity index (χ0) is 22.5. The average Bonchev–Trinajstić information content (AvgIpc) is 2.63. The van der Waals surface area contributed by atoms with Crippen molar-refractivity contribution in [2.24, 2.45) is 0 Å². The third-order valence-electron chi connectivity index (χ3n) is 4.66. The van der Waals surface area contributed by atoms with E-state index in [4.69, 9.17) is 23.2 Å². The Balaban J connectivity index is 2.33. The third kappa shape index (κ3) is 7.03. The fraction of sp³-hybridized carbons (Fsp3) is 0.417. The van der Waals surface area contributed by atoms with Crippen LogP contribution in [0.5, 0.6) is 0 Å². The van der Waals surface area contributed by atoms with E-state index in [9.17, 15) is 9.59 Å². The van der Waals surface area contributed by atoms with Crippen LogP contribution in [0.15, 0.2) is 42.5 Å². The maximum Gasteiger partial charge on any atom is 0.243 e. The van der Waals surface area contributed by atoms with Crippen molar-refractivity contribution in [2.45, 2.75) is 65.6 Å². The summed E-state index contributed by atoms with van der Waals surface area (Å²) in [5, 5.41) is 3.86. The molecule has 1 atom stereocenters. The maximum absolute atomic E-state index is 13.3. The molecule has 0 saturated carbocycles. The van der Waals surface area contributed by atoms with Crippen LogP contribution in [0.1, 0.15) is 50.8 Å². The Morgan fingerprint density at radius 2 is 1.73 bits per heavy atom. The molecular weight excluding hydrogens is 419 g/mol. The Kier molecular flexibility index (Phi) is 8.34. The second-order valence-corrected chi connectivity index (χ2v) is 9.41. The Labute approximate surface area is 189 Å². The van der Waals surface area contributed by atoms with Crippen molar-refractivity contribution >= 4 is 35.0 Å². The lowest BCUT2D eigenvalue weighted by molar-refractivity contribution is -0.141. The Morgan fingerprint density at radius 3 is 2.30 bits per heavy atom. The molecule has 2 amide bonds. The summed E-state index contributed by atoms with van der Waals surface area (Å²) in [5.74, 6) is -0.286. The number of amides is 2. The van der Waals surface area contributed by atoms with Crippen LogP contribution in [-0.2, 0) is 22.6 Å². The van der Waals surface area contributed by atoms with Crippen molar-refractivity contribution in [2.75, 3.05) is 0 Å². The van der Waals surface area contributed by atoms with Gasteiger partial charge in [-0.25, -0.2) is 0 Å². The molecule has 0 saturated heterocycles. The molecule has 0 radical (unpaired) electrons. The second-order valence-electron chi connectivity index (χ2n) is 8.60. The van der Waals surface area contributed by atoms with Gasteiger partial charge in [-0.05, 0) is 57.4 Å². The van der Waals surface area contributed by atoms with Crippen molar-refractivity contribution < 1.29 is 9.59 Å². The van der Waals surface area contributed by atoms with Gasteiger partial charge in [0.05, 0.1) is 16.5 Å². The lowest BCUT2D eigenvalue weighted by Crippen LogP contribution is -2.53. The fourth-order valence-electron chi connectivity index (χ4n) is 3.31. The highest BCUT2D eigenvalue weighted by Crippen LogP contribution is 2.24. The monoisotopic (exact) mass is 448 g/mol. The number of carbonyl (C=O) groups excluding carboxylic acids is 2. The normalized spacial score (nSPS) is 12.4. The fourth-order valence-corrected chi connectivity index (χ4v) is 3.63. The van der Waals surface area contributed by atoms with Gasteiger partial charge < -0.3 is 10.2 Å². The van der Waals surface area contributed by atoms with E-state index in [1.54, 1.807) is 23.1 Å². The molecule has 2 aromatic carbocycles. The molecule has 0 heterocycles. The van der Waals surface area contributed by atoms with Crippen LogP contribution in [0, 0.1) is 6.92 Å². The molecule has 1 N–H and O–H groups in total. The van der Waals surface area contributed by atoms with Crippen molar-refractivity contribution in [3.8, 4) is 0 Å². The average molecular weight is 449 g/mol. The number of nitrogens with zero attached hydrogens (tertiary/aromatic N) is 1. The second kappa shape index (κ2) is 10.3. The molecular formula is C24H30Cl2N2O2. The van der Waals surface area contributed by atoms with Gasteiger partial charge in [0.1, 0.15) is 6.04 Å². The smallest absolute Gasteiger partial charge is 0.243 e. The quantitative estimate of drug-likeness (QED) is 0.601. The van der Waals surface area contributed by atoms with E-state index in [-0.39, 0.29) is 23.8 Å². The zero-order valence-corrected chi connectivity index (χ0v) is 19.8. The van der Waals surface area contributed by atoms with Crippen molar-refractivity contribution in [1.82, 2.24) is 10.2 Å². The highest BCUT2D eigenvalue weighted by molar-refractivity contribution is 6.42. The number of hydrogen-bond donors (Lipinski definition) is 1. The minimum atomic E-state index is -0.569. The number of nitrogens with one attached hydrogen (secondary N) is 1. The Hall–Kier alpha value is -2.04. The van der Waals surface area contributed by atoms with Crippen LogP contribution < -0.4 is 5.32 Å². The standard InChI is InChI=1S/C24H30Cl2N2O2/c1-6-21(23(30)27-24(3,4)5)28(15-18-9-7-8-16(2)12-18)22(29)14-17-10-11-19(25)20(26)13-17/h7-13,21H,6,14-15H2,1-5H3,(H,27,30)/t21-/m1/s1. The summed E-state index contributed by atoms with van der Waals surface area (Å²) in [7, 11) is 0. The van der Waals surface area contributed by atoms with Gasteiger partial charge in [-0.2, -0.15) is 0 Å². The van der Waals surface area contributed by atoms with Crippen molar-refractivity contribution in [3.05, 3.63) is 69.2 Å². The first-order valence-corrected chi connectivity index (χ1v) is 10.9. The van der Waals surface area contributed by atoms with E-state index in [1.165, 1.54) is 0 Å². The predicted octanol–water partition coefficient (Wildman–Crippen LogP) is 5.57. The molecule has 0 spiro atoms. The van der Waals surface area contributed by atoms with Crippen LogP contribution in [-0.4, -0.2) is 28.3 Å². The number of benzene rings is 2. The van der Waals surface area contributed by atoms with E-state index in [0.717, 1.165) is 16.7 Å². The van der Waals surface area contributed by atoms with Gasteiger partial charge in [0, 0.05) is 12.1 Å². The van der Waals surface area contributed by atoms with E-state index < -0.39 is 6.04 Å². The molecule has 4 nitrogen and oxygen atoms in total. The maximum atomic E-state index is 13.3. The van der Waals surface area contributed by atoms with Gasteiger partial charge in [0.2, 0.25) is 11.8 Å². The molecule has 30 heavy (non-hydrogen) atoms. The largest absolute Gasteiger partial charge is 0.350 e. The summed E-state index contributed by atoms with van der Waals surface area (Å²) in [5.41, 5.74) is 2.47. The first kappa shape index (κ1) is 24.2. The van der Waals surface area contributed by atoms with Crippen molar-refractivity contribution in [1.29, 1.82) is 0 Å². The molecule has 0 aromatic heterocycles. The number of halogens is 2. The third-order valence-corrected chi connectivity index (χ3v) is 5.40. The number of hydrogen-bond acceptors (Lipinski definition) is 2. The topological polar surface area (TPSA) is 49.4 Å². The van der Waals surface area contributed by atoms with Crippen LogP contribution in [0.3, 0.4) is 0 Å². The molecule has 162 valence electrons. The molecule has 0 aliphatic heterocycles. The van der Waals surface area contributed by atoms with Crippen LogP contribution >= 0.6 is 23.2 Å². The number of carbonyl (C=O) groups is 2. The number of rotatable bonds is 7. The van der Waals surface area contributed by atoms with Crippen LogP contribution in [0.4, 0.5) is 0 Å². The molecule has 0 aliphatic carbocycles. The summed E-state index contributed by atoms with van der Waals surface area (Å²) in [6.07, 6.45) is 0.656. The summed E-state index contributed by atoms with van der Waals surface area (Å²) >= 11 is 12.1. The Morgan fingerprint density at radius 1 is 1.03 bits per heavy atom. The SMILES string of the molecule is CC[C@H](C(=O)NC(C)(C)C)N(Cc1cccc(C)c1)C(=O)Cc1ccc(Cl)c(Cl)c1. The summed E-state index contributed by atoms with van der Waals surface area (Å²) in [4.78, 5) is 28.0. The number of aryl methyl sites for hydroxylation is 1. The minimum absolute atomic E-state index is 0.134. The van der Waals surface area contributed by atoms with Gasteiger partial charge in [0.25, 0.3) is 0 Å². The van der Waals surface area contributed by atoms with Gasteiger partial charge in [-0.15, -0.1) is 0 Å². The van der Waals surface area contributed by atoms with Crippen LogP contribution in [0.2, 0.25) is 10.0 Å². The van der Waals surface area contributed by atoms with E-state index in [0.29, 0.717) is 23.0 Å². The Bertz CT molecular complexity index is 906. The lowest BCUT2D eigenvalue weighted by atomic mass is 10.0. The van der Waals surface area contributed by atoms with E-state index >= 15 is 0 Å². The first-order chi connectivity index (χ1) is 14.0. The predicted molar refractivity (Wildman–Crippen MR) is 124 cm³/mol. The van der Waals surface area contributed by atoms with E-state index in [2.05, 4.69) is 5.32 Å². The molecule has 2 rings (SSSR count). The highest BCUT2D eigenvalue weighted by atomic mass is 35.5. The molecule has 0 unspecified atom stereocenters. The van der Waals surface area contributed by atoms with E-state index in [1.807, 2.05) is 58.9 Å². The molecule has 6 heteroatoms. The van der Waals surface area contributed by atoms with Gasteiger partial charge in [0.15, 0.2) is 0 Å². The zero-order valence-electron chi connectivity index (χ0n) is 18.3. The summed E-state index contributed by atoms with van der Waals surface area (Å²) < 4.78 is 0. The minimum Gasteiger partial charge on any atom is -0.350 e. The first-order valence-electron chi connectivity index (χ1n) is 10.1. The summed E-state index contributed by atoms with van der Waals surface area (Å²) in [6.45, 7) is 10.1.